The number of thioether (sulfide) groups is 1. The van der Waals surface area contributed by atoms with Gasteiger partial charge in [-0.15, -0.1) is 10.2 Å². The van der Waals surface area contributed by atoms with Crippen LogP contribution < -0.4 is 10.6 Å². The van der Waals surface area contributed by atoms with E-state index in [0.717, 1.165) is 36.0 Å². The molecule has 1 unspecified atom stereocenters. The van der Waals surface area contributed by atoms with Crippen molar-refractivity contribution in [3.63, 3.8) is 0 Å². The van der Waals surface area contributed by atoms with Crippen molar-refractivity contribution in [2.24, 2.45) is 5.92 Å². The molecule has 116 valence electrons. The van der Waals surface area contributed by atoms with Gasteiger partial charge in [0, 0.05) is 12.3 Å². The van der Waals surface area contributed by atoms with Crippen LogP contribution in [0.4, 0.5) is 5.13 Å². The van der Waals surface area contributed by atoms with Crippen molar-refractivity contribution in [1.82, 2.24) is 15.5 Å². The molecule has 5 nitrogen and oxygen atoms in total. The first-order valence-corrected chi connectivity index (χ1v) is 9.13. The van der Waals surface area contributed by atoms with E-state index in [0.29, 0.717) is 5.13 Å². The fraction of sp³-hybridized carbons (Fsp3) is 0.400. The van der Waals surface area contributed by atoms with Crippen molar-refractivity contribution < 1.29 is 4.79 Å². The van der Waals surface area contributed by atoms with Gasteiger partial charge in [0.2, 0.25) is 11.0 Å². The molecular formula is C15H18N4OS2. The number of rotatable bonds is 5. The largest absolute Gasteiger partial charge is 0.316 e. The van der Waals surface area contributed by atoms with E-state index < -0.39 is 0 Å². The monoisotopic (exact) mass is 334 g/mol. The van der Waals surface area contributed by atoms with Crippen molar-refractivity contribution in [3.8, 4) is 0 Å². The minimum atomic E-state index is 0.0399. The maximum atomic E-state index is 12.1. The first-order valence-electron chi connectivity index (χ1n) is 7.33. The minimum Gasteiger partial charge on any atom is -0.316 e. The lowest BCUT2D eigenvalue weighted by Crippen LogP contribution is -2.37. The molecule has 7 heteroatoms. The fourth-order valence-electron chi connectivity index (χ4n) is 2.32. The number of anilines is 1. The standard InChI is InChI=1S/C15H18N4OS2/c20-13(12-7-4-8-16-9-12)17-14-18-19-15(22-14)21-10-11-5-2-1-3-6-11/h1-3,5-6,12,16H,4,7-10H2,(H,17,18,20). The number of piperidine rings is 1. The molecule has 0 spiro atoms. The first kappa shape index (κ1) is 15.5. The topological polar surface area (TPSA) is 66.9 Å². The van der Waals surface area contributed by atoms with Gasteiger partial charge < -0.3 is 10.6 Å². The van der Waals surface area contributed by atoms with Gasteiger partial charge in [0.15, 0.2) is 4.34 Å². The van der Waals surface area contributed by atoms with Crippen LogP contribution in [0.1, 0.15) is 18.4 Å². The SMILES string of the molecule is O=C(Nc1nnc(SCc2ccccc2)s1)C1CCCNC1. The molecule has 0 radical (unpaired) electrons. The Balaban J connectivity index is 1.51. The Hall–Kier alpha value is -1.44. The molecule has 2 heterocycles. The number of nitrogens with one attached hydrogen (secondary N) is 2. The number of hydrogen-bond donors (Lipinski definition) is 2. The minimum absolute atomic E-state index is 0.0399. The fourth-order valence-corrected chi connectivity index (χ4v) is 4.03. The van der Waals surface area contributed by atoms with E-state index in [1.165, 1.54) is 16.9 Å². The normalized spacial score (nSPS) is 18.1. The number of amides is 1. The van der Waals surface area contributed by atoms with E-state index in [9.17, 15) is 4.79 Å². The van der Waals surface area contributed by atoms with Crippen molar-refractivity contribution in [1.29, 1.82) is 0 Å². The van der Waals surface area contributed by atoms with E-state index in [-0.39, 0.29) is 11.8 Å². The molecule has 22 heavy (non-hydrogen) atoms. The summed E-state index contributed by atoms with van der Waals surface area (Å²) >= 11 is 3.07. The number of hydrogen-bond acceptors (Lipinski definition) is 6. The van der Waals surface area contributed by atoms with Gasteiger partial charge in [-0.05, 0) is 24.9 Å². The number of carbonyl (C=O) groups is 1. The number of aromatic nitrogens is 2. The van der Waals surface area contributed by atoms with Gasteiger partial charge in [0.25, 0.3) is 0 Å². The Morgan fingerprint density at radius 1 is 1.36 bits per heavy atom. The smallest absolute Gasteiger partial charge is 0.230 e. The molecule has 1 aliphatic rings. The van der Waals surface area contributed by atoms with Crippen molar-refractivity contribution in [3.05, 3.63) is 35.9 Å². The van der Waals surface area contributed by atoms with Gasteiger partial charge >= 0.3 is 0 Å². The lowest BCUT2D eigenvalue weighted by molar-refractivity contribution is -0.120. The summed E-state index contributed by atoms with van der Waals surface area (Å²) in [5.74, 6) is 0.941. The Morgan fingerprint density at radius 2 is 2.23 bits per heavy atom. The second-order valence-electron chi connectivity index (χ2n) is 5.18. The predicted molar refractivity (Wildman–Crippen MR) is 90.1 cm³/mol. The van der Waals surface area contributed by atoms with Gasteiger partial charge in [-0.2, -0.15) is 0 Å². The third kappa shape index (κ3) is 4.28. The summed E-state index contributed by atoms with van der Waals surface area (Å²) in [7, 11) is 0. The van der Waals surface area contributed by atoms with Crippen LogP contribution in [0.15, 0.2) is 34.7 Å². The van der Waals surface area contributed by atoms with Crippen molar-refractivity contribution >= 4 is 34.1 Å². The molecule has 0 bridgehead atoms. The summed E-state index contributed by atoms with van der Waals surface area (Å²) in [4.78, 5) is 12.1. The Bertz CT molecular complexity index is 611. The predicted octanol–water partition coefficient (Wildman–Crippen LogP) is 2.77. The third-order valence-corrected chi connectivity index (χ3v) is 5.55. The molecule has 1 amide bonds. The third-order valence-electron chi connectivity index (χ3n) is 3.51. The molecule has 3 rings (SSSR count). The van der Waals surface area contributed by atoms with E-state index in [1.807, 2.05) is 18.2 Å². The Morgan fingerprint density at radius 3 is 3.00 bits per heavy atom. The molecule has 1 fully saturated rings. The maximum absolute atomic E-state index is 12.1. The molecule has 1 aromatic carbocycles. The highest BCUT2D eigenvalue weighted by molar-refractivity contribution is 8.00. The second kappa shape index (κ2) is 7.71. The van der Waals surface area contributed by atoms with Gasteiger partial charge in [-0.25, -0.2) is 0 Å². The molecular weight excluding hydrogens is 316 g/mol. The van der Waals surface area contributed by atoms with Gasteiger partial charge in [-0.1, -0.05) is 53.4 Å². The highest BCUT2D eigenvalue weighted by Crippen LogP contribution is 2.28. The zero-order valence-corrected chi connectivity index (χ0v) is 13.8. The summed E-state index contributed by atoms with van der Waals surface area (Å²) in [5.41, 5.74) is 1.25. The highest BCUT2D eigenvalue weighted by atomic mass is 32.2. The molecule has 1 saturated heterocycles. The van der Waals surface area contributed by atoms with Crippen LogP contribution in [-0.4, -0.2) is 29.2 Å². The lowest BCUT2D eigenvalue weighted by atomic mass is 9.99. The Kier molecular flexibility index (Phi) is 5.42. The molecule has 1 aromatic heterocycles. The van der Waals surface area contributed by atoms with Crippen LogP contribution in [-0.2, 0) is 10.5 Å². The van der Waals surface area contributed by atoms with E-state index in [1.54, 1.807) is 11.8 Å². The summed E-state index contributed by atoms with van der Waals surface area (Å²) in [6, 6.07) is 10.2. The van der Waals surface area contributed by atoms with Crippen LogP contribution in [0.3, 0.4) is 0 Å². The average Bonchev–Trinajstić information content (AvgIpc) is 3.02. The average molecular weight is 334 g/mol. The summed E-state index contributed by atoms with van der Waals surface area (Å²) in [5, 5.41) is 14.9. The van der Waals surface area contributed by atoms with Crippen LogP contribution in [0.2, 0.25) is 0 Å². The lowest BCUT2D eigenvalue weighted by Gasteiger charge is -2.20. The highest BCUT2D eigenvalue weighted by Gasteiger charge is 2.21. The summed E-state index contributed by atoms with van der Waals surface area (Å²) < 4.78 is 0.876. The molecule has 2 N–H and O–H groups in total. The first-order chi connectivity index (χ1) is 10.8. The maximum Gasteiger partial charge on any atom is 0.230 e. The van der Waals surface area contributed by atoms with E-state index in [2.05, 4.69) is 33.0 Å². The molecule has 1 aliphatic heterocycles. The summed E-state index contributed by atoms with van der Waals surface area (Å²) in [6.07, 6.45) is 1.99. The summed E-state index contributed by atoms with van der Waals surface area (Å²) in [6.45, 7) is 1.75. The van der Waals surface area contributed by atoms with Crippen LogP contribution in [0, 0.1) is 5.92 Å². The van der Waals surface area contributed by atoms with Gasteiger partial charge in [0.05, 0.1) is 5.92 Å². The van der Waals surface area contributed by atoms with Crippen molar-refractivity contribution in [2.75, 3.05) is 18.4 Å². The van der Waals surface area contributed by atoms with Crippen molar-refractivity contribution in [2.45, 2.75) is 22.9 Å². The second-order valence-corrected chi connectivity index (χ2v) is 7.38. The van der Waals surface area contributed by atoms with Gasteiger partial charge in [-0.3, -0.25) is 4.79 Å². The molecule has 1 atom stereocenters. The number of nitrogens with zero attached hydrogens (tertiary/aromatic N) is 2. The molecule has 2 aromatic rings. The van der Waals surface area contributed by atoms with Gasteiger partial charge in [0.1, 0.15) is 0 Å². The number of carbonyl (C=O) groups excluding carboxylic acids is 1. The quantitative estimate of drug-likeness (QED) is 0.650. The zero-order valence-electron chi connectivity index (χ0n) is 12.1. The zero-order chi connectivity index (χ0) is 15.2. The van der Waals surface area contributed by atoms with Crippen LogP contribution in [0.25, 0.3) is 0 Å². The molecule has 0 aliphatic carbocycles. The number of benzene rings is 1. The van der Waals surface area contributed by atoms with E-state index >= 15 is 0 Å². The van der Waals surface area contributed by atoms with E-state index in [4.69, 9.17) is 0 Å². The molecule has 0 saturated carbocycles. The van der Waals surface area contributed by atoms with Crippen LogP contribution in [0.5, 0.6) is 0 Å². The Labute approximate surface area is 137 Å². The van der Waals surface area contributed by atoms with Crippen LogP contribution >= 0.6 is 23.1 Å².